The summed E-state index contributed by atoms with van der Waals surface area (Å²) in [6, 6.07) is 13.3. The van der Waals surface area contributed by atoms with E-state index in [0.29, 0.717) is 13.2 Å². The molecule has 1 fully saturated rings. The summed E-state index contributed by atoms with van der Waals surface area (Å²) in [6.45, 7) is 1.20. The minimum Gasteiger partial charge on any atom is -0.379 e. The molecule has 1 aliphatic rings. The molecule has 2 aromatic carbocycles. The molecule has 0 aliphatic carbocycles. The molecule has 9 nitrogen and oxygen atoms in total. The van der Waals surface area contributed by atoms with Crippen molar-refractivity contribution < 1.29 is 22.7 Å². The number of morpholine rings is 1. The maximum Gasteiger partial charge on any atom is 0.269 e. The van der Waals surface area contributed by atoms with Gasteiger partial charge in [-0.25, -0.2) is 8.42 Å². The number of rotatable bonds is 5. The van der Waals surface area contributed by atoms with Gasteiger partial charge in [0.1, 0.15) is 0 Å². The van der Waals surface area contributed by atoms with Crippen LogP contribution in [0.15, 0.2) is 59.6 Å². The highest BCUT2D eigenvalue weighted by atomic mass is 32.2. The van der Waals surface area contributed by atoms with Crippen molar-refractivity contribution in [3.05, 3.63) is 65.9 Å². The van der Waals surface area contributed by atoms with E-state index in [-0.39, 0.29) is 30.0 Å². The van der Waals surface area contributed by atoms with Crippen LogP contribution in [0.5, 0.6) is 0 Å². The number of ether oxygens (including phenoxy) is 1. The molecule has 2 amide bonds. The molecule has 3 aromatic rings. The van der Waals surface area contributed by atoms with E-state index in [0.717, 1.165) is 16.5 Å². The van der Waals surface area contributed by atoms with Gasteiger partial charge in [-0.2, -0.15) is 4.31 Å². The lowest BCUT2D eigenvalue weighted by Crippen LogP contribution is -2.42. The predicted molar refractivity (Wildman–Crippen MR) is 114 cm³/mol. The van der Waals surface area contributed by atoms with E-state index >= 15 is 0 Å². The van der Waals surface area contributed by atoms with Crippen molar-refractivity contribution in [2.75, 3.05) is 26.3 Å². The van der Waals surface area contributed by atoms with Crippen LogP contribution >= 0.6 is 0 Å². The Morgan fingerprint density at radius 2 is 1.81 bits per heavy atom. The number of carbonyl (C=O) groups is 2. The highest BCUT2D eigenvalue weighted by Gasteiger charge is 2.27. The van der Waals surface area contributed by atoms with Gasteiger partial charge in [0.25, 0.3) is 5.91 Å². The molecule has 3 N–H and O–H groups in total. The minimum atomic E-state index is -3.72. The molecule has 0 unspecified atom stereocenters. The van der Waals surface area contributed by atoms with Crippen LogP contribution < -0.4 is 10.9 Å². The standard InChI is InChI=1S/C21H22N4O5S/c26-20(13-16-14-22-19-7-2-1-6-18(16)19)23-24-21(27)15-4-3-5-17(12-15)31(28,29)25-8-10-30-11-9-25/h1-7,12,14,22H,8-11,13H2,(H,23,26)(H,24,27). The number of hydrogen-bond acceptors (Lipinski definition) is 5. The lowest BCUT2D eigenvalue weighted by molar-refractivity contribution is -0.121. The fourth-order valence-electron chi connectivity index (χ4n) is 3.43. The van der Waals surface area contributed by atoms with Crippen molar-refractivity contribution in [1.29, 1.82) is 0 Å². The summed E-state index contributed by atoms with van der Waals surface area (Å²) >= 11 is 0. The largest absolute Gasteiger partial charge is 0.379 e. The van der Waals surface area contributed by atoms with Crippen molar-refractivity contribution in [2.45, 2.75) is 11.3 Å². The number of fused-ring (bicyclic) bond motifs is 1. The highest BCUT2D eigenvalue weighted by molar-refractivity contribution is 7.89. The van der Waals surface area contributed by atoms with Gasteiger partial charge in [-0.05, 0) is 29.8 Å². The van der Waals surface area contributed by atoms with E-state index < -0.39 is 21.8 Å². The second kappa shape index (κ2) is 8.88. The molecule has 31 heavy (non-hydrogen) atoms. The first-order valence-corrected chi connectivity index (χ1v) is 11.2. The molecular formula is C21H22N4O5S. The third-order valence-corrected chi connectivity index (χ3v) is 6.94. The van der Waals surface area contributed by atoms with Crippen LogP contribution in [-0.2, 0) is 26.0 Å². The highest BCUT2D eigenvalue weighted by Crippen LogP contribution is 2.19. The van der Waals surface area contributed by atoms with Gasteiger partial charge in [-0.15, -0.1) is 0 Å². The van der Waals surface area contributed by atoms with Gasteiger partial charge >= 0.3 is 0 Å². The number of benzene rings is 2. The Hall–Kier alpha value is -3.21. The number of carbonyl (C=O) groups excluding carboxylic acids is 2. The second-order valence-electron chi connectivity index (χ2n) is 7.08. The Kier molecular flexibility index (Phi) is 6.03. The van der Waals surface area contributed by atoms with Crippen LogP contribution in [0.2, 0.25) is 0 Å². The number of sulfonamides is 1. The summed E-state index contributed by atoms with van der Waals surface area (Å²) in [5.41, 5.74) is 6.57. The van der Waals surface area contributed by atoms with Crippen LogP contribution in [0.1, 0.15) is 15.9 Å². The molecule has 1 aromatic heterocycles. The average molecular weight is 442 g/mol. The van der Waals surface area contributed by atoms with Gasteiger partial charge in [0.05, 0.1) is 24.5 Å². The molecule has 10 heteroatoms. The van der Waals surface area contributed by atoms with Gasteiger partial charge in [-0.1, -0.05) is 24.3 Å². The zero-order valence-corrected chi connectivity index (χ0v) is 17.4. The third-order valence-electron chi connectivity index (χ3n) is 5.05. The van der Waals surface area contributed by atoms with E-state index in [9.17, 15) is 18.0 Å². The third kappa shape index (κ3) is 4.61. The van der Waals surface area contributed by atoms with Crippen LogP contribution in [0.4, 0.5) is 0 Å². The summed E-state index contributed by atoms with van der Waals surface area (Å²) in [5, 5.41) is 0.935. The number of aromatic amines is 1. The molecule has 0 saturated carbocycles. The van der Waals surface area contributed by atoms with E-state index in [1.807, 2.05) is 24.3 Å². The minimum absolute atomic E-state index is 0.0205. The van der Waals surface area contributed by atoms with E-state index in [4.69, 9.17) is 4.74 Å². The summed E-state index contributed by atoms with van der Waals surface area (Å²) in [7, 11) is -3.72. The van der Waals surface area contributed by atoms with Gasteiger partial charge in [0.2, 0.25) is 15.9 Å². The van der Waals surface area contributed by atoms with E-state index in [2.05, 4.69) is 15.8 Å². The zero-order valence-electron chi connectivity index (χ0n) is 16.6. The van der Waals surface area contributed by atoms with Crippen LogP contribution in [-0.4, -0.2) is 55.8 Å². The smallest absolute Gasteiger partial charge is 0.269 e. The summed E-state index contributed by atoms with van der Waals surface area (Å²) in [6.07, 6.45) is 1.84. The SMILES string of the molecule is O=C(Cc1c[nH]c2ccccc12)NNC(=O)c1cccc(S(=O)(=O)N2CCOCC2)c1. The normalized spacial score (nSPS) is 15.0. The van der Waals surface area contributed by atoms with Crippen LogP contribution in [0.3, 0.4) is 0 Å². The van der Waals surface area contributed by atoms with E-state index in [1.54, 1.807) is 6.20 Å². The summed E-state index contributed by atoms with van der Waals surface area (Å²) in [4.78, 5) is 27.8. The molecule has 0 spiro atoms. The average Bonchev–Trinajstić information content (AvgIpc) is 3.21. The molecule has 0 atom stereocenters. The Bertz CT molecular complexity index is 1220. The fourth-order valence-corrected chi connectivity index (χ4v) is 4.88. The van der Waals surface area contributed by atoms with Crippen molar-refractivity contribution in [3.63, 3.8) is 0 Å². The monoisotopic (exact) mass is 442 g/mol. The number of aromatic nitrogens is 1. The Balaban J connectivity index is 1.39. The lowest BCUT2D eigenvalue weighted by Gasteiger charge is -2.26. The number of nitrogens with one attached hydrogen (secondary N) is 3. The summed E-state index contributed by atoms with van der Waals surface area (Å²) < 4.78 is 32.1. The Morgan fingerprint density at radius 1 is 1.03 bits per heavy atom. The Morgan fingerprint density at radius 3 is 2.61 bits per heavy atom. The number of para-hydroxylation sites is 1. The fraction of sp³-hybridized carbons (Fsp3) is 0.238. The molecule has 1 aliphatic heterocycles. The second-order valence-corrected chi connectivity index (χ2v) is 9.02. The van der Waals surface area contributed by atoms with Crippen molar-refractivity contribution in [1.82, 2.24) is 20.1 Å². The van der Waals surface area contributed by atoms with Gasteiger partial charge in [-0.3, -0.25) is 20.4 Å². The number of H-pyrrole nitrogens is 1. The van der Waals surface area contributed by atoms with Crippen molar-refractivity contribution >= 4 is 32.7 Å². The number of amides is 2. The van der Waals surface area contributed by atoms with Gasteiger partial charge in [0.15, 0.2) is 0 Å². The summed E-state index contributed by atoms with van der Waals surface area (Å²) in [5.74, 6) is -0.999. The molecular weight excluding hydrogens is 420 g/mol. The zero-order chi connectivity index (χ0) is 21.8. The van der Waals surface area contributed by atoms with Crippen molar-refractivity contribution in [3.8, 4) is 0 Å². The van der Waals surface area contributed by atoms with Gasteiger partial charge in [0, 0.05) is 35.8 Å². The predicted octanol–water partition coefficient (Wildman–Crippen LogP) is 1.19. The van der Waals surface area contributed by atoms with Gasteiger partial charge < -0.3 is 9.72 Å². The van der Waals surface area contributed by atoms with Crippen LogP contribution in [0, 0.1) is 0 Å². The Labute approximate surface area is 179 Å². The first-order chi connectivity index (χ1) is 14.9. The molecule has 2 heterocycles. The maximum absolute atomic E-state index is 12.8. The molecule has 4 rings (SSSR count). The molecule has 0 radical (unpaired) electrons. The number of hydrogen-bond donors (Lipinski definition) is 3. The lowest BCUT2D eigenvalue weighted by atomic mass is 10.1. The van der Waals surface area contributed by atoms with Crippen LogP contribution in [0.25, 0.3) is 10.9 Å². The molecule has 1 saturated heterocycles. The first-order valence-electron chi connectivity index (χ1n) is 9.77. The van der Waals surface area contributed by atoms with Crippen molar-refractivity contribution in [2.24, 2.45) is 0 Å². The topological polar surface area (TPSA) is 121 Å². The number of hydrazine groups is 1. The molecule has 162 valence electrons. The van der Waals surface area contributed by atoms with E-state index in [1.165, 1.54) is 28.6 Å². The number of nitrogens with zero attached hydrogens (tertiary/aromatic N) is 1. The molecule has 0 bridgehead atoms. The quantitative estimate of drug-likeness (QED) is 0.513. The maximum atomic E-state index is 12.8. The first kappa shape index (κ1) is 21.0.